The van der Waals surface area contributed by atoms with E-state index in [2.05, 4.69) is 20.9 Å². The molecule has 27 heavy (non-hydrogen) atoms. The van der Waals surface area contributed by atoms with Gasteiger partial charge in [-0.25, -0.2) is 8.42 Å². The number of hydrogen-bond donors (Lipinski definition) is 3. The lowest BCUT2D eigenvalue weighted by Crippen LogP contribution is -2.41. The molecule has 3 aromatic rings. The minimum atomic E-state index is -3.97. The Bertz CT molecular complexity index is 1200. The second kappa shape index (κ2) is 6.14. The molecular formula is C17H18N6O3S. The van der Waals surface area contributed by atoms with Crippen LogP contribution in [0.3, 0.4) is 0 Å². The van der Waals surface area contributed by atoms with Crippen LogP contribution in [0.5, 0.6) is 0 Å². The number of primary amides is 1. The first kappa shape index (κ1) is 18.5. The van der Waals surface area contributed by atoms with Gasteiger partial charge in [0, 0.05) is 17.8 Å². The van der Waals surface area contributed by atoms with E-state index in [1.165, 1.54) is 30.9 Å². The van der Waals surface area contributed by atoms with Crippen LogP contribution in [0.4, 0.5) is 5.69 Å². The zero-order valence-corrected chi connectivity index (χ0v) is 15.8. The summed E-state index contributed by atoms with van der Waals surface area (Å²) >= 11 is 0. The van der Waals surface area contributed by atoms with E-state index in [1.54, 1.807) is 12.1 Å². The van der Waals surface area contributed by atoms with Crippen molar-refractivity contribution >= 4 is 32.5 Å². The molecule has 10 heteroatoms. The molecule has 3 rings (SSSR count). The molecule has 0 atom stereocenters. The number of hydrogen-bond acceptors (Lipinski definition) is 5. The predicted octanol–water partition coefficient (Wildman–Crippen LogP) is 1.57. The molecule has 0 saturated carbocycles. The van der Waals surface area contributed by atoms with E-state index >= 15 is 0 Å². The number of H-pyrrole nitrogens is 1. The van der Waals surface area contributed by atoms with E-state index < -0.39 is 21.5 Å². The van der Waals surface area contributed by atoms with Crippen LogP contribution >= 0.6 is 0 Å². The maximum atomic E-state index is 12.8. The molecule has 9 nitrogen and oxygen atoms in total. The maximum absolute atomic E-state index is 12.8. The first-order valence-electron chi connectivity index (χ1n) is 7.96. The Kier molecular flexibility index (Phi) is 4.20. The number of rotatable bonds is 5. The molecular weight excluding hydrogens is 368 g/mol. The van der Waals surface area contributed by atoms with Crippen LogP contribution in [0.25, 0.3) is 10.9 Å². The number of benzene rings is 1. The molecule has 0 aliphatic heterocycles. The summed E-state index contributed by atoms with van der Waals surface area (Å²) in [5, 5.41) is 13.8. The van der Waals surface area contributed by atoms with Gasteiger partial charge in [0.2, 0.25) is 5.91 Å². The van der Waals surface area contributed by atoms with E-state index in [1.807, 2.05) is 6.92 Å². The third kappa shape index (κ3) is 3.02. The van der Waals surface area contributed by atoms with Crippen LogP contribution < -0.4 is 10.5 Å². The third-order valence-electron chi connectivity index (χ3n) is 4.45. The second-order valence-electron chi connectivity index (χ2n) is 6.64. The van der Waals surface area contributed by atoms with E-state index in [-0.39, 0.29) is 4.90 Å². The molecule has 0 aliphatic rings. The van der Waals surface area contributed by atoms with Gasteiger partial charge in [-0.3, -0.25) is 14.2 Å². The minimum absolute atomic E-state index is 0.113. The fraction of sp³-hybridized carbons (Fsp3) is 0.235. The Morgan fingerprint density at radius 2 is 2.11 bits per heavy atom. The van der Waals surface area contributed by atoms with Crippen molar-refractivity contribution in [3.05, 3.63) is 41.9 Å². The number of nitriles is 1. The molecule has 1 amide bonds. The van der Waals surface area contributed by atoms with Crippen LogP contribution in [-0.2, 0) is 20.4 Å². The summed E-state index contributed by atoms with van der Waals surface area (Å²) in [4.78, 5) is 14.4. The van der Waals surface area contributed by atoms with Gasteiger partial charge in [0.05, 0.1) is 23.0 Å². The van der Waals surface area contributed by atoms with Gasteiger partial charge in [-0.2, -0.15) is 10.4 Å². The molecule has 0 bridgehead atoms. The summed E-state index contributed by atoms with van der Waals surface area (Å²) < 4.78 is 29.2. The predicted molar refractivity (Wildman–Crippen MR) is 99.3 cm³/mol. The van der Waals surface area contributed by atoms with Crippen molar-refractivity contribution in [2.45, 2.75) is 31.2 Å². The number of aromatic nitrogens is 3. The number of carbonyl (C=O) groups excluding carboxylic acids is 1. The Balaban J connectivity index is 2.02. The minimum Gasteiger partial charge on any atom is -0.368 e. The topological polar surface area (TPSA) is 147 Å². The van der Waals surface area contributed by atoms with E-state index in [4.69, 9.17) is 5.73 Å². The molecule has 1 aromatic carbocycles. The van der Waals surface area contributed by atoms with Crippen LogP contribution in [-0.4, -0.2) is 29.1 Å². The summed E-state index contributed by atoms with van der Waals surface area (Å²) in [6.45, 7) is 4.92. The van der Waals surface area contributed by atoms with Crippen molar-refractivity contribution in [3.63, 3.8) is 0 Å². The number of nitrogens with two attached hydrogens (primary N) is 1. The number of amides is 1. The number of anilines is 1. The van der Waals surface area contributed by atoms with Crippen molar-refractivity contribution in [1.82, 2.24) is 14.8 Å². The molecule has 0 saturated heterocycles. The highest BCUT2D eigenvalue weighted by Gasteiger charge is 2.30. The zero-order valence-electron chi connectivity index (χ0n) is 14.9. The summed E-state index contributed by atoms with van der Waals surface area (Å²) in [7, 11) is -3.97. The largest absolute Gasteiger partial charge is 0.368 e. The summed E-state index contributed by atoms with van der Waals surface area (Å²) in [5.41, 5.74) is 6.26. The fourth-order valence-corrected chi connectivity index (χ4v) is 3.66. The molecule has 140 valence electrons. The number of nitrogens with zero attached hydrogens (tertiary/aromatic N) is 3. The number of aryl methyl sites for hydroxylation is 1. The second-order valence-corrected chi connectivity index (χ2v) is 8.33. The lowest BCUT2D eigenvalue weighted by atomic mass is 10.1. The van der Waals surface area contributed by atoms with Crippen LogP contribution in [0, 0.1) is 18.3 Å². The molecule has 2 heterocycles. The van der Waals surface area contributed by atoms with Crippen molar-refractivity contribution in [2.24, 2.45) is 5.73 Å². The van der Waals surface area contributed by atoms with Gasteiger partial charge in [0.15, 0.2) is 0 Å². The number of fused-ring (bicyclic) bond motifs is 1. The van der Waals surface area contributed by atoms with Crippen molar-refractivity contribution in [2.75, 3.05) is 4.72 Å². The average molecular weight is 386 g/mol. The number of carbonyl (C=O) groups is 1. The lowest BCUT2D eigenvalue weighted by Gasteiger charge is -2.20. The van der Waals surface area contributed by atoms with Gasteiger partial charge in [-0.05, 0) is 32.4 Å². The van der Waals surface area contributed by atoms with Gasteiger partial charge in [0.1, 0.15) is 16.5 Å². The van der Waals surface area contributed by atoms with Crippen LogP contribution in [0.2, 0.25) is 0 Å². The Morgan fingerprint density at radius 3 is 2.74 bits per heavy atom. The van der Waals surface area contributed by atoms with E-state index in [0.29, 0.717) is 22.2 Å². The monoisotopic (exact) mass is 386 g/mol. The van der Waals surface area contributed by atoms with Crippen molar-refractivity contribution < 1.29 is 13.2 Å². The molecule has 0 unspecified atom stereocenters. The van der Waals surface area contributed by atoms with Gasteiger partial charge in [-0.1, -0.05) is 6.07 Å². The fourth-order valence-electron chi connectivity index (χ4n) is 2.66. The van der Waals surface area contributed by atoms with Crippen molar-refractivity contribution in [1.29, 1.82) is 5.26 Å². The average Bonchev–Trinajstić information content (AvgIpc) is 3.24. The maximum Gasteiger partial charge on any atom is 0.265 e. The van der Waals surface area contributed by atoms with Crippen molar-refractivity contribution in [3.8, 4) is 6.07 Å². The Hall–Kier alpha value is -3.32. The van der Waals surface area contributed by atoms with Gasteiger partial charge >= 0.3 is 0 Å². The van der Waals surface area contributed by atoms with Crippen LogP contribution in [0.1, 0.15) is 25.0 Å². The van der Waals surface area contributed by atoms with Gasteiger partial charge in [-0.15, -0.1) is 0 Å². The smallest absolute Gasteiger partial charge is 0.265 e. The van der Waals surface area contributed by atoms with Gasteiger partial charge in [0.25, 0.3) is 10.0 Å². The normalized spacial score (nSPS) is 12.1. The summed E-state index contributed by atoms with van der Waals surface area (Å²) in [5.74, 6) is -0.641. The Morgan fingerprint density at radius 1 is 1.41 bits per heavy atom. The summed E-state index contributed by atoms with van der Waals surface area (Å²) in [6.07, 6.45) is 3.92. The molecule has 0 spiro atoms. The highest BCUT2D eigenvalue weighted by Crippen LogP contribution is 2.30. The quantitative estimate of drug-likeness (QED) is 0.609. The Labute approximate surface area is 155 Å². The first-order valence-corrected chi connectivity index (χ1v) is 9.45. The van der Waals surface area contributed by atoms with E-state index in [0.717, 1.165) is 11.8 Å². The molecule has 4 N–H and O–H groups in total. The van der Waals surface area contributed by atoms with Gasteiger partial charge < -0.3 is 10.7 Å². The number of sulfonamides is 1. The standard InChI is InChI=1S/C17H18N6O3S/c1-10-4-5-13(15-14(10)11(6-18)7-20-15)22-27(25,26)12-8-21-23(9-12)17(2,3)16(19)24/h4-5,7-9,20,22H,1-3H3,(H2,19,24). The highest BCUT2D eigenvalue weighted by atomic mass is 32.2. The number of aromatic amines is 1. The summed E-state index contributed by atoms with van der Waals surface area (Å²) in [6, 6.07) is 5.42. The SMILES string of the molecule is Cc1ccc(NS(=O)(=O)c2cnn(C(C)(C)C(N)=O)c2)c2[nH]cc(C#N)c12. The molecule has 0 radical (unpaired) electrons. The lowest BCUT2D eigenvalue weighted by molar-refractivity contribution is -0.125. The third-order valence-corrected chi connectivity index (χ3v) is 5.77. The first-order chi connectivity index (χ1) is 12.6. The highest BCUT2D eigenvalue weighted by molar-refractivity contribution is 7.92. The zero-order chi connectivity index (χ0) is 20.0. The number of nitrogens with one attached hydrogen (secondary N) is 2. The molecule has 0 fully saturated rings. The van der Waals surface area contributed by atoms with E-state index in [9.17, 15) is 18.5 Å². The molecule has 2 aromatic heterocycles. The molecule has 0 aliphatic carbocycles. The van der Waals surface area contributed by atoms with Crippen LogP contribution in [0.15, 0.2) is 35.6 Å².